The van der Waals surface area contributed by atoms with Crippen LogP contribution in [0.25, 0.3) is 0 Å². The fraction of sp³-hybridized carbons (Fsp3) is 0.438. The van der Waals surface area contributed by atoms with Crippen molar-refractivity contribution in [3.8, 4) is 0 Å². The number of esters is 1. The fourth-order valence-corrected chi connectivity index (χ4v) is 3.42. The first-order valence-electron chi connectivity index (χ1n) is 8.13. The summed E-state index contributed by atoms with van der Waals surface area (Å²) >= 11 is 6.85. The van der Waals surface area contributed by atoms with Gasteiger partial charge in [-0.2, -0.15) is 0 Å². The van der Waals surface area contributed by atoms with E-state index in [0.29, 0.717) is 21.6 Å². The van der Waals surface area contributed by atoms with Crippen LogP contribution in [0.3, 0.4) is 0 Å². The van der Waals surface area contributed by atoms with Gasteiger partial charge in [0, 0.05) is 30.7 Å². The van der Waals surface area contributed by atoms with E-state index in [2.05, 4.69) is 16.5 Å². The summed E-state index contributed by atoms with van der Waals surface area (Å²) in [7, 11) is 0. The molecule has 1 aromatic carbocycles. The molecular formula is C16H17ClN4O4S. The summed E-state index contributed by atoms with van der Waals surface area (Å²) in [4.78, 5) is 25.2. The molecule has 0 atom stereocenters. The number of carbonyl (C=O) groups is 1. The van der Waals surface area contributed by atoms with Gasteiger partial charge in [0.2, 0.25) is 0 Å². The highest BCUT2D eigenvalue weighted by Crippen LogP contribution is 2.32. The lowest BCUT2D eigenvalue weighted by Crippen LogP contribution is -2.33. The van der Waals surface area contributed by atoms with Gasteiger partial charge in [-0.3, -0.25) is 10.1 Å². The van der Waals surface area contributed by atoms with Crippen LogP contribution < -0.4 is 4.90 Å². The molecule has 1 saturated heterocycles. The number of nitro benzene ring substituents is 1. The molecule has 0 amide bonds. The second-order valence-corrected chi connectivity index (χ2v) is 7.56. The van der Waals surface area contributed by atoms with Gasteiger partial charge in [0.1, 0.15) is 22.3 Å². The zero-order valence-electron chi connectivity index (χ0n) is 14.1. The number of anilines is 1. The SMILES string of the molecule is CC1CCN(c2ccc(C(=O)OCc3nnsc3Cl)cc2[N+](=O)[O-])CC1. The molecule has 2 heterocycles. The van der Waals surface area contributed by atoms with Crippen molar-refractivity contribution < 1.29 is 14.5 Å². The number of aromatic nitrogens is 2. The highest BCUT2D eigenvalue weighted by Gasteiger charge is 2.25. The topological polar surface area (TPSA) is 98.5 Å². The Bertz CT molecular complexity index is 820. The summed E-state index contributed by atoms with van der Waals surface area (Å²) in [6.45, 7) is 3.57. The van der Waals surface area contributed by atoms with E-state index in [9.17, 15) is 14.9 Å². The van der Waals surface area contributed by atoms with Crippen molar-refractivity contribution in [1.29, 1.82) is 0 Å². The number of rotatable bonds is 5. The molecule has 1 aliphatic rings. The van der Waals surface area contributed by atoms with E-state index in [1.165, 1.54) is 6.07 Å². The Morgan fingerprint density at radius 1 is 1.46 bits per heavy atom. The second-order valence-electron chi connectivity index (χ2n) is 6.20. The van der Waals surface area contributed by atoms with Crippen LogP contribution in [0.2, 0.25) is 4.34 Å². The average Bonchev–Trinajstić information content (AvgIpc) is 3.05. The van der Waals surface area contributed by atoms with Crippen LogP contribution in [0.4, 0.5) is 11.4 Å². The van der Waals surface area contributed by atoms with Crippen molar-refractivity contribution in [2.24, 2.45) is 5.92 Å². The molecule has 0 bridgehead atoms. The molecule has 8 nitrogen and oxygen atoms in total. The Morgan fingerprint density at radius 2 is 2.19 bits per heavy atom. The summed E-state index contributed by atoms with van der Waals surface area (Å²) in [6.07, 6.45) is 1.98. The third kappa shape index (κ3) is 4.10. The lowest BCUT2D eigenvalue weighted by molar-refractivity contribution is -0.384. The number of piperidine rings is 1. The van der Waals surface area contributed by atoms with Gasteiger partial charge in [-0.15, -0.1) is 5.10 Å². The first-order valence-corrected chi connectivity index (χ1v) is 9.28. The minimum atomic E-state index is -0.670. The van der Waals surface area contributed by atoms with Crippen LogP contribution in [-0.4, -0.2) is 33.6 Å². The Hall–Kier alpha value is -2.26. The molecule has 0 spiro atoms. The number of carbonyl (C=O) groups excluding carboxylic acids is 1. The van der Waals surface area contributed by atoms with E-state index < -0.39 is 10.9 Å². The van der Waals surface area contributed by atoms with Gasteiger partial charge in [0.25, 0.3) is 5.69 Å². The number of ether oxygens (including phenoxy) is 1. The quantitative estimate of drug-likeness (QED) is 0.431. The van der Waals surface area contributed by atoms with Gasteiger partial charge in [0.05, 0.1) is 10.5 Å². The van der Waals surface area contributed by atoms with E-state index in [1.807, 2.05) is 4.90 Å². The summed E-state index contributed by atoms with van der Waals surface area (Å²) in [5.74, 6) is -0.0532. The highest BCUT2D eigenvalue weighted by molar-refractivity contribution is 7.10. The zero-order chi connectivity index (χ0) is 18.7. The monoisotopic (exact) mass is 396 g/mol. The van der Waals surface area contributed by atoms with E-state index >= 15 is 0 Å². The summed E-state index contributed by atoms with van der Waals surface area (Å²) in [5, 5.41) is 15.2. The van der Waals surface area contributed by atoms with Crippen molar-refractivity contribution in [3.63, 3.8) is 0 Å². The van der Waals surface area contributed by atoms with E-state index in [1.54, 1.807) is 12.1 Å². The number of halogens is 1. The second kappa shape index (κ2) is 7.96. The molecule has 0 unspecified atom stereocenters. The average molecular weight is 397 g/mol. The molecule has 0 aliphatic carbocycles. The molecule has 1 aliphatic heterocycles. The smallest absolute Gasteiger partial charge is 0.338 e. The Morgan fingerprint density at radius 3 is 2.81 bits per heavy atom. The number of hydrogen-bond acceptors (Lipinski definition) is 8. The molecular weight excluding hydrogens is 380 g/mol. The molecule has 26 heavy (non-hydrogen) atoms. The van der Waals surface area contributed by atoms with E-state index in [4.69, 9.17) is 16.3 Å². The third-order valence-corrected chi connectivity index (χ3v) is 5.37. The van der Waals surface area contributed by atoms with Crippen molar-refractivity contribution in [1.82, 2.24) is 9.59 Å². The minimum Gasteiger partial charge on any atom is -0.455 e. The predicted octanol–water partition coefficient (Wildman–Crippen LogP) is 3.69. The number of benzene rings is 1. The zero-order valence-corrected chi connectivity index (χ0v) is 15.6. The highest BCUT2D eigenvalue weighted by atomic mass is 35.5. The lowest BCUT2D eigenvalue weighted by Gasteiger charge is -2.31. The first-order chi connectivity index (χ1) is 12.5. The van der Waals surface area contributed by atoms with Crippen molar-refractivity contribution in [2.75, 3.05) is 18.0 Å². The third-order valence-electron chi connectivity index (χ3n) is 4.38. The van der Waals surface area contributed by atoms with E-state index in [0.717, 1.165) is 37.5 Å². The van der Waals surface area contributed by atoms with Crippen LogP contribution in [0, 0.1) is 16.0 Å². The number of nitro groups is 1. The summed E-state index contributed by atoms with van der Waals surface area (Å²) in [5.41, 5.74) is 0.913. The predicted molar refractivity (Wildman–Crippen MR) is 97.7 cm³/mol. The Balaban J connectivity index is 1.76. The molecule has 0 radical (unpaired) electrons. The molecule has 138 valence electrons. The van der Waals surface area contributed by atoms with Crippen LogP contribution in [0.5, 0.6) is 0 Å². The molecule has 0 N–H and O–H groups in total. The van der Waals surface area contributed by atoms with Crippen LogP contribution in [-0.2, 0) is 11.3 Å². The van der Waals surface area contributed by atoms with Crippen molar-refractivity contribution in [2.45, 2.75) is 26.4 Å². The first kappa shape index (κ1) is 18.5. The Kier molecular flexibility index (Phi) is 5.67. The number of hydrogen-bond donors (Lipinski definition) is 0. The standard InChI is InChI=1S/C16H17ClN4O4S/c1-10-4-6-20(7-5-10)13-3-2-11(8-14(13)21(23)24)16(22)25-9-12-15(17)26-19-18-12/h2-3,8,10H,4-7,9H2,1H3. The Labute approximate surface area is 159 Å². The van der Waals surface area contributed by atoms with Crippen LogP contribution in [0.1, 0.15) is 35.8 Å². The largest absolute Gasteiger partial charge is 0.455 e. The number of nitrogens with zero attached hydrogens (tertiary/aromatic N) is 4. The van der Waals surface area contributed by atoms with Gasteiger partial charge in [-0.1, -0.05) is 23.0 Å². The maximum Gasteiger partial charge on any atom is 0.338 e. The van der Waals surface area contributed by atoms with Crippen molar-refractivity contribution in [3.05, 3.63) is 43.9 Å². The maximum atomic E-state index is 12.2. The van der Waals surface area contributed by atoms with Gasteiger partial charge < -0.3 is 9.64 Å². The van der Waals surface area contributed by atoms with Crippen molar-refractivity contribution >= 4 is 40.5 Å². The molecule has 2 aromatic rings. The van der Waals surface area contributed by atoms with Gasteiger partial charge in [-0.05, 0) is 30.9 Å². The van der Waals surface area contributed by atoms with Crippen LogP contribution >= 0.6 is 23.1 Å². The van der Waals surface area contributed by atoms with Gasteiger partial charge in [0.15, 0.2) is 0 Å². The fourth-order valence-electron chi connectivity index (χ4n) is 2.81. The molecule has 0 saturated carbocycles. The molecule has 10 heteroatoms. The summed E-state index contributed by atoms with van der Waals surface area (Å²) < 4.78 is 9.13. The summed E-state index contributed by atoms with van der Waals surface area (Å²) in [6, 6.07) is 4.42. The van der Waals surface area contributed by atoms with Gasteiger partial charge >= 0.3 is 5.97 Å². The normalized spacial score (nSPS) is 15.1. The molecule has 1 aromatic heterocycles. The molecule has 3 rings (SSSR count). The van der Waals surface area contributed by atoms with E-state index in [-0.39, 0.29) is 17.9 Å². The maximum absolute atomic E-state index is 12.2. The lowest BCUT2D eigenvalue weighted by atomic mass is 9.98. The van der Waals surface area contributed by atoms with Gasteiger partial charge in [-0.25, -0.2) is 4.79 Å². The molecule has 1 fully saturated rings. The van der Waals surface area contributed by atoms with Crippen LogP contribution in [0.15, 0.2) is 18.2 Å². The minimum absolute atomic E-state index is 0.0950.